The first-order valence-corrected chi connectivity index (χ1v) is 7.93. The fourth-order valence-corrected chi connectivity index (χ4v) is 2.88. The van der Waals surface area contributed by atoms with E-state index in [9.17, 15) is 4.79 Å². The normalized spacial score (nSPS) is 17.8. The van der Waals surface area contributed by atoms with Gasteiger partial charge in [-0.25, -0.2) is 0 Å². The molecule has 1 aromatic rings. The van der Waals surface area contributed by atoms with Crippen molar-refractivity contribution in [2.75, 3.05) is 18.1 Å². The van der Waals surface area contributed by atoms with Gasteiger partial charge in [-0.15, -0.1) is 0 Å². The van der Waals surface area contributed by atoms with E-state index in [4.69, 9.17) is 0 Å². The molecule has 0 radical (unpaired) electrons. The first-order valence-electron chi connectivity index (χ1n) is 6.71. The first-order chi connectivity index (χ1) is 9.04. The molecule has 2 rings (SSSR count). The van der Waals surface area contributed by atoms with Crippen LogP contribution >= 0.6 is 11.8 Å². The van der Waals surface area contributed by atoms with Crippen LogP contribution in [0.25, 0.3) is 0 Å². The summed E-state index contributed by atoms with van der Waals surface area (Å²) in [5.74, 6) is -0.0305. The molecule has 1 saturated carbocycles. The van der Waals surface area contributed by atoms with Gasteiger partial charge in [0.2, 0.25) is 5.91 Å². The highest BCUT2D eigenvalue weighted by atomic mass is 32.2. The number of nitrogens with one attached hydrogen (secondary N) is 2. The van der Waals surface area contributed by atoms with Crippen molar-refractivity contribution in [3.05, 3.63) is 29.8 Å². The minimum Gasteiger partial charge on any atom is -0.326 e. The van der Waals surface area contributed by atoms with Crippen molar-refractivity contribution in [3.63, 3.8) is 0 Å². The average Bonchev–Trinajstić information content (AvgIpc) is 3.16. The Morgan fingerprint density at radius 2 is 2.21 bits per heavy atom. The summed E-state index contributed by atoms with van der Waals surface area (Å²) in [5, 5.41) is 6.42. The van der Waals surface area contributed by atoms with Crippen LogP contribution in [0, 0.1) is 0 Å². The Labute approximate surface area is 119 Å². The van der Waals surface area contributed by atoms with E-state index in [1.807, 2.05) is 30.0 Å². The second-order valence-corrected chi connectivity index (χ2v) is 6.57. The molecule has 0 bridgehead atoms. The lowest BCUT2D eigenvalue weighted by molar-refractivity contribution is -0.114. The van der Waals surface area contributed by atoms with Crippen molar-refractivity contribution < 1.29 is 4.79 Å². The molecule has 1 fully saturated rings. The number of thioether (sulfide) groups is 1. The van der Waals surface area contributed by atoms with E-state index >= 15 is 0 Å². The Hall–Kier alpha value is -1.00. The number of hydrogen-bond donors (Lipinski definition) is 2. The lowest BCUT2D eigenvalue weighted by Gasteiger charge is -2.19. The van der Waals surface area contributed by atoms with Crippen LogP contribution in [0.2, 0.25) is 0 Å². The molecule has 0 aliphatic heterocycles. The highest BCUT2D eigenvalue weighted by Crippen LogP contribution is 2.46. The molecule has 0 heterocycles. The topological polar surface area (TPSA) is 41.1 Å². The second-order valence-electron chi connectivity index (χ2n) is 5.30. The number of amides is 1. The molecule has 0 saturated heterocycles. The van der Waals surface area contributed by atoms with Crippen LogP contribution in [0.15, 0.2) is 24.3 Å². The number of rotatable bonds is 6. The molecule has 1 aromatic carbocycles. The molecule has 1 amide bonds. The third-order valence-electron chi connectivity index (χ3n) is 3.68. The Bertz CT molecular complexity index is 457. The molecule has 4 heteroatoms. The maximum Gasteiger partial charge on any atom is 0.221 e. The first kappa shape index (κ1) is 14.4. The van der Waals surface area contributed by atoms with Gasteiger partial charge in [-0.3, -0.25) is 4.79 Å². The minimum absolute atomic E-state index is 0.0305. The zero-order chi connectivity index (χ0) is 13.9. The molecule has 2 N–H and O–H groups in total. The fraction of sp³-hybridized carbons (Fsp3) is 0.533. The average molecular weight is 278 g/mol. The smallest absolute Gasteiger partial charge is 0.221 e. The van der Waals surface area contributed by atoms with Crippen molar-refractivity contribution in [1.82, 2.24) is 5.32 Å². The second kappa shape index (κ2) is 5.97. The summed E-state index contributed by atoms with van der Waals surface area (Å²) in [5.41, 5.74) is 2.08. The summed E-state index contributed by atoms with van der Waals surface area (Å²) in [7, 11) is 0. The Morgan fingerprint density at radius 3 is 2.79 bits per heavy atom. The van der Waals surface area contributed by atoms with Crippen molar-refractivity contribution in [2.24, 2.45) is 0 Å². The van der Waals surface area contributed by atoms with Crippen LogP contribution < -0.4 is 10.6 Å². The molecular formula is C15H22N2OS. The number of carbonyl (C=O) groups is 1. The predicted octanol–water partition coefficient (Wildman–Crippen LogP) is 3.19. The number of carbonyl (C=O) groups excluding carboxylic acids is 1. The number of hydrogen-bond acceptors (Lipinski definition) is 3. The summed E-state index contributed by atoms with van der Waals surface area (Å²) in [6, 6.07) is 8.35. The van der Waals surface area contributed by atoms with E-state index < -0.39 is 0 Å². The Morgan fingerprint density at radius 1 is 1.47 bits per heavy atom. The SMILES string of the molecule is CSC1(CNC(C)c2cccc(NC(C)=O)c2)CC1. The maximum atomic E-state index is 11.1. The Balaban J connectivity index is 1.94. The summed E-state index contributed by atoms with van der Waals surface area (Å²) in [6.45, 7) is 4.76. The maximum absolute atomic E-state index is 11.1. The van der Waals surface area contributed by atoms with Gasteiger partial charge in [-0.1, -0.05) is 12.1 Å². The molecule has 1 atom stereocenters. The van der Waals surface area contributed by atoms with E-state index in [1.165, 1.54) is 25.3 Å². The summed E-state index contributed by atoms with van der Waals surface area (Å²) < 4.78 is 0.476. The van der Waals surface area contributed by atoms with Gasteiger partial charge in [0.25, 0.3) is 0 Å². The van der Waals surface area contributed by atoms with Crippen molar-refractivity contribution in [1.29, 1.82) is 0 Å². The van der Waals surface area contributed by atoms with Gasteiger partial charge >= 0.3 is 0 Å². The zero-order valence-electron chi connectivity index (χ0n) is 11.8. The molecule has 19 heavy (non-hydrogen) atoms. The quantitative estimate of drug-likeness (QED) is 0.839. The number of benzene rings is 1. The molecule has 0 aromatic heterocycles. The minimum atomic E-state index is -0.0305. The molecular weight excluding hydrogens is 256 g/mol. The van der Waals surface area contributed by atoms with Gasteiger partial charge in [0, 0.05) is 29.9 Å². The van der Waals surface area contributed by atoms with Crippen molar-refractivity contribution in [2.45, 2.75) is 37.5 Å². The van der Waals surface area contributed by atoms with Crippen LogP contribution in [0.4, 0.5) is 5.69 Å². The van der Waals surface area contributed by atoms with E-state index in [0.29, 0.717) is 10.8 Å². The molecule has 104 valence electrons. The third kappa shape index (κ3) is 3.98. The predicted molar refractivity (Wildman–Crippen MR) is 82.6 cm³/mol. The van der Waals surface area contributed by atoms with Gasteiger partial charge < -0.3 is 10.6 Å². The van der Waals surface area contributed by atoms with Gasteiger partial charge in [0.15, 0.2) is 0 Å². The van der Waals surface area contributed by atoms with E-state index in [0.717, 1.165) is 12.2 Å². The van der Waals surface area contributed by atoms with Crippen LogP contribution in [0.3, 0.4) is 0 Å². The summed E-state index contributed by atoms with van der Waals surface area (Å²) in [4.78, 5) is 11.1. The molecule has 3 nitrogen and oxygen atoms in total. The number of anilines is 1. The van der Waals surface area contributed by atoms with Gasteiger partial charge in [-0.2, -0.15) is 11.8 Å². The monoisotopic (exact) mass is 278 g/mol. The lowest BCUT2D eigenvalue weighted by Crippen LogP contribution is -2.28. The summed E-state index contributed by atoms with van der Waals surface area (Å²) >= 11 is 1.97. The third-order valence-corrected chi connectivity index (χ3v) is 5.10. The molecule has 1 aliphatic carbocycles. The Kier molecular flexibility index (Phi) is 4.53. The standard InChI is InChI=1S/C15H22N2OS/c1-11(16-10-15(19-3)7-8-15)13-5-4-6-14(9-13)17-12(2)18/h4-6,9,11,16H,7-8,10H2,1-3H3,(H,17,18). The lowest BCUT2D eigenvalue weighted by atomic mass is 10.1. The van der Waals surface area contributed by atoms with E-state index in [1.54, 1.807) is 0 Å². The molecule has 0 spiro atoms. The van der Waals surface area contributed by atoms with E-state index in [2.05, 4.69) is 29.9 Å². The molecule has 1 aliphatic rings. The van der Waals surface area contributed by atoms with Crippen LogP contribution in [-0.2, 0) is 4.79 Å². The summed E-state index contributed by atoms with van der Waals surface area (Å²) in [6.07, 6.45) is 4.83. The van der Waals surface area contributed by atoms with Crippen molar-refractivity contribution >= 4 is 23.4 Å². The highest BCUT2D eigenvalue weighted by Gasteiger charge is 2.41. The van der Waals surface area contributed by atoms with Crippen LogP contribution in [0.5, 0.6) is 0 Å². The van der Waals surface area contributed by atoms with Crippen molar-refractivity contribution in [3.8, 4) is 0 Å². The van der Waals surface area contributed by atoms with Gasteiger partial charge in [0.05, 0.1) is 0 Å². The van der Waals surface area contributed by atoms with Gasteiger partial charge in [0.1, 0.15) is 0 Å². The van der Waals surface area contributed by atoms with Crippen LogP contribution in [0.1, 0.15) is 38.3 Å². The van der Waals surface area contributed by atoms with E-state index in [-0.39, 0.29) is 5.91 Å². The fourth-order valence-electron chi connectivity index (χ4n) is 2.14. The molecule has 1 unspecified atom stereocenters. The largest absolute Gasteiger partial charge is 0.326 e. The zero-order valence-corrected chi connectivity index (χ0v) is 12.6. The highest BCUT2D eigenvalue weighted by molar-refractivity contribution is 8.00. The van der Waals surface area contributed by atoms with Gasteiger partial charge in [-0.05, 0) is 43.7 Å². The van der Waals surface area contributed by atoms with Crippen LogP contribution in [-0.4, -0.2) is 23.5 Å².